The SMILES string of the molecule is COc1ccc(C)cc1-c1csc(C2CCCCN2)n1. The first-order valence-corrected chi connectivity index (χ1v) is 7.99. The third-order valence-corrected chi connectivity index (χ3v) is 4.72. The fourth-order valence-corrected chi connectivity index (χ4v) is 3.58. The normalized spacial score (nSPS) is 19.0. The lowest BCUT2D eigenvalue weighted by molar-refractivity contribution is 0.410. The summed E-state index contributed by atoms with van der Waals surface area (Å²) in [4.78, 5) is 4.83. The summed E-state index contributed by atoms with van der Waals surface area (Å²) in [6.45, 7) is 3.20. The number of aryl methyl sites for hydroxylation is 1. The quantitative estimate of drug-likeness (QED) is 0.929. The van der Waals surface area contributed by atoms with Crippen LogP contribution in [0.3, 0.4) is 0 Å². The largest absolute Gasteiger partial charge is 0.496 e. The number of piperidine rings is 1. The van der Waals surface area contributed by atoms with Crippen molar-refractivity contribution >= 4 is 11.3 Å². The first-order valence-electron chi connectivity index (χ1n) is 7.12. The van der Waals surface area contributed by atoms with Gasteiger partial charge in [-0.05, 0) is 38.4 Å². The van der Waals surface area contributed by atoms with Crippen molar-refractivity contribution < 1.29 is 4.74 Å². The monoisotopic (exact) mass is 288 g/mol. The maximum Gasteiger partial charge on any atom is 0.128 e. The molecule has 1 fully saturated rings. The Labute approximate surface area is 124 Å². The van der Waals surface area contributed by atoms with E-state index in [1.54, 1.807) is 18.4 Å². The van der Waals surface area contributed by atoms with Crippen LogP contribution in [0.15, 0.2) is 23.6 Å². The van der Waals surface area contributed by atoms with Gasteiger partial charge in [-0.1, -0.05) is 18.1 Å². The molecule has 106 valence electrons. The Bertz CT molecular complexity index is 588. The number of hydrogen-bond acceptors (Lipinski definition) is 4. The van der Waals surface area contributed by atoms with E-state index >= 15 is 0 Å². The van der Waals surface area contributed by atoms with Crippen molar-refractivity contribution in [2.45, 2.75) is 32.2 Å². The van der Waals surface area contributed by atoms with Gasteiger partial charge in [0.1, 0.15) is 10.8 Å². The summed E-state index contributed by atoms with van der Waals surface area (Å²) < 4.78 is 5.46. The molecule has 3 nitrogen and oxygen atoms in total. The highest BCUT2D eigenvalue weighted by Crippen LogP contribution is 2.34. The molecule has 1 aliphatic rings. The molecule has 1 aromatic heterocycles. The number of nitrogens with one attached hydrogen (secondary N) is 1. The number of ether oxygens (including phenoxy) is 1. The van der Waals surface area contributed by atoms with Gasteiger partial charge in [0.25, 0.3) is 0 Å². The van der Waals surface area contributed by atoms with Crippen molar-refractivity contribution in [3.05, 3.63) is 34.2 Å². The summed E-state index contributed by atoms with van der Waals surface area (Å²) in [6, 6.07) is 6.66. The smallest absolute Gasteiger partial charge is 0.128 e. The number of aromatic nitrogens is 1. The molecule has 4 heteroatoms. The van der Waals surface area contributed by atoms with Crippen molar-refractivity contribution in [2.24, 2.45) is 0 Å². The van der Waals surface area contributed by atoms with E-state index in [0.29, 0.717) is 6.04 Å². The molecule has 1 aromatic carbocycles. The maximum atomic E-state index is 5.46. The van der Waals surface area contributed by atoms with Crippen LogP contribution < -0.4 is 10.1 Å². The minimum Gasteiger partial charge on any atom is -0.496 e. The molecule has 0 radical (unpaired) electrons. The van der Waals surface area contributed by atoms with Crippen LogP contribution in [0.25, 0.3) is 11.3 Å². The summed E-state index contributed by atoms with van der Waals surface area (Å²) in [7, 11) is 1.71. The molecular weight excluding hydrogens is 268 g/mol. The molecule has 0 bridgehead atoms. The molecule has 1 unspecified atom stereocenters. The van der Waals surface area contributed by atoms with Gasteiger partial charge in [0.2, 0.25) is 0 Å². The molecule has 0 saturated carbocycles. The van der Waals surface area contributed by atoms with E-state index in [4.69, 9.17) is 9.72 Å². The summed E-state index contributed by atoms with van der Waals surface area (Å²) in [5.41, 5.74) is 3.34. The van der Waals surface area contributed by atoms with Crippen molar-refractivity contribution in [3.63, 3.8) is 0 Å². The Hall–Kier alpha value is -1.39. The van der Waals surface area contributed by atoms with Crippen molar-refractivity contribution in [1.82, 2.24) is 10.3 Å². The third-order valence-electron chi connectivity index (χ3n) is 3.76. The van der Waals surface area contributed by atoms with E-state index in [1.807, 2.05) is 6.07 Å². The highest BCUT2D eigenvalue weighted by atomic mass is 32.1. The van der Waals surface area contributed by atoms with Crippen LogP contribution in [0, 0.1) is 6.92 Å². The van der Waals surface area contributed by atoms with E-state index in [0.717, 1.165) is 23.6 Å². The second-order valence-electron chi connectivity index (χ2n) is 5.28. The molecule has 1 saturated heterocycles. The standard InChI is InChI=1S/C16H20N2OS/c1-11-6-7-15(19-2)12(9-11)14-10-20-16(18-14)13-5-3-4-8-17-13/h6-7,9-10,13,17H,3-5,8H2,1-2H3. The van der Waals surface area contributed by atoms with E-state index in [9.17, 15) is 0 Å². The lowest BCUT2D eigenvalue weighted by atomic mass is 10.1. The van der Waals surface area contributed by atoms with Gasteiger partial charge in [0.15, 0.2) is 0 Å². The number of methoxy groups -OCH3 is 1. The zero-order valence-electron chi connectivity index (χ0n) is 12.0. The van der Waals surface area contributed by atoms with Crippen molar-refractivity contribution in [1.29, 1.82) is 0 Å². The van der Waals surface area contributed by atoms with Crippen LogP contribution in [-0.4, -0.2) is 18.6 Å². The van der Waals surface area contributed by atoms with Crippen molar-refractivity contribution in [3.8, 4) is 17.0 Å². The molecule has 0 spiro atoms. The Morgan fingerprint density at radius 2 is 2.25 bits per heavy atom. The molecule has 1 N–H and O–H groups in total. The van der Waals surface area contributed by atoms with Crippen LogP contribution in [0.2, 0.25) is 0 Å². The molecule has 0 amide bonds. The first kappa shape index (κ1) is 13.6. The van der Waals surface area contributed by atoms with Gasteiger partial charge in [-0.2, -0.15) is 0 Å². The molecule has 2 heterocycles. The second-order valence-corrected chi connectivity index (χ2v) is 6.17. The molecule has 3 rings (SSSR count). The Morgan fingerprint density at radius 3 is 3.00 bits per heavy atom. The van der Waals surface area contributed by atoms with Gasteiger partial charge in [0, 0.05) is 10.9 Å². The minimum absolute atomic E-state index is 0.429. The topological polar surface area (TPSA) is 34.1 Å². The van der Waals surface area contributed by atoms with E-state index < -0.39 is 0 Å². The third kappa shape index (κ3) is 2.72. The Balaban J connectivity index is 1.91. The second kappa shape index (κ2) is 5.94. The summed E-state index contributed by atoms with van der Waals surface area (Å²) in [5.74, 6) is 0.893. The van der Waals surface area contributed by atoms with Crippen LogP contribution >= 0.6 is 11.3 Å². The minimum atomic E-state index is 0.429. The van der Waals surface area contributed by atoms with Gasteiger partial charge < -0.3 is 10.1 Å². The summed E-state index contributed by atoms with van der Waals surface area (Å²) in [5, 5.41) is 6.90. The summed E-state index contributed by atoms with van der Waals surface area (Å²) >= 11 is 1.75. The predicted molar refractivity (Wildman–Crippen MR) is 83.4 cm³/mol. The zero-order valence-corrected chi connectivity index (χ0v) is 12.8. The lowest BCUT2D eigenvalue weighted by Crippen LogP contribution is -2.26. The Kier molecular flexibility index (Phi) is 4.03. The molecule has 1 aliphatic heterocycles. The van der Waals surface area contributed by atoms with Gasteiger partial charge >= 0.3 is 0 Å². The highest BCUT2D eigenvalue weighted by Gasteiger charge is 2.19. The number of nitrogens with zero attached hydrogens (tertiary/aromatic N) is 1. The van der Waals surface area contributed by atoms with Crippen LogP contribution in [-0.2, 0) is 0 Å². The molecule has 20 heavy (non-hydrogen) atoms. The number of rotatable bonds is 3. The fraction of sp³-hybridized carbons (Fsp3) is 0.438. The first-order chi connectivity index (χ1) is 9.78. The van der Waals surface area contributed by atoms with E-state index in [1.165, 1.54) is 29.8 Å². The van der Waals surface area contributed by atoms with Gasteiger partial charge in [-0.3, -0.25) is 0 Å². The van der Waals surface area contributed by atoms with Gasteiger partial charge in [-0.25, -0.2) is 4.98 Å². The van der Waals surface area contributed by atoms with Crippen LogP contribution in [0.5, 0.6) is 5.75 Å². The van der Waals surface area contributed by atoms with E-state index in [2.05, 4.69) is 29.8 Å². The highest BCUT2D eigenvalue weighted by molar-refractivity contribution is 7.10. The van der Waals surface area contributed by atoms with Crippen LogP contribution in [0.4, 0.5) is 0 Å². The molecule has 1 atom stereocenters. The zero-order chi connectivity index (χ0) is 13.9. The van der Waals surface area contributed by atoms with Crippen molar-refractivity contribution in [2.75, 3.05) is 13.7 Å². The number of benzene rings is 1. The van der Waals surface area contributed by atoms with Gasteiger partial charge in [-0.15, -0.1) is 11.3 Å². The van der Waals surface area contributed by atoms with E-state index in [-0.39, 0.29) is 0 Å². The maximum absolute atomic E-state index is 5.46. The Morgan fingerprint density at radius 1 is 1.35 bits per heavy atom. The fourth-order valence-electron chi connectivity index (χ4n) is 2.66. The van der Waals surface area contributed by atoms with Crippen LogP contribution in [0.1, 0.15) is 35.9 Å². The molecule has 2 aromatic rings. The molecular formula is C16H20N2OS. The number of hydrogen-bond donors (Lipinski definition) is 1. The lowest BCUT2D eigenvalue weighted by Gasteiger charge is -2.21. The summed E-state index contributed by atoms with van der Waals surface area (Å²) in [6.07, 6.45) is 3.76. The molecule has 0 aliphatic carbocycles. The average molecular weight is 288 g/mol. The average Bonchev–Trinajstić information content (AvgIpc) is 2.98. The number of thiazole rings is 1. The van der Waals surface area contributed by atoms with Gasteiger partial charge in [0.05, 0.1) is 18.8 Å². The predicted octanol–water partition coefficient (Wildman–Crippen LogP) is 3.94.